The monoisotopic (exact) mass is 361 g/mol. The van der Waals surface area contributed by atoms with E-state index in [0.717, 1.165) is 0 Å². The zero-order valence-electron chi connectivity index (χ0n) is 8.91. The Morgan fingerprint density at radius 3 is 2.41 bits per heavy atom. The smallest absolute Gasteiger partial charge is 0.335 e. The van der Waals surface area contributed by atoms with Gasteiger partial charge in [-0.15, -0.1) is 0 Å². The van der Waals surface area contributed by atoms with Crippen molar-refractivity contribution in [3.63, 3.8) is 0 Å². The van der Waals surface area contributed by atoms with Gasteiger partial charge in [0.1, 0.15) is 11.8 Å². The molecule has 6 heteroatoms. The first-order chi connectivity index (χ1) is 7.99. The van der Waals surface area contributed by atoms with Crippen molar-refractivity contribution in [2.24, 2.45) is 0 Å². The van der Waals surface area contributed by atoms with Gasteiger partial charge in [0.2, 0.25) is 0 Å². The van der Waals surface area contributed by atoms with Crippen molar-refractivity contribution in [2.45, 2.75) is 19.4 Å². The lowest BCUT2D eigenvalue weighted by Crippen LogP contribution is -2.13. The highest BCUT2D eigenvalue weighted by molar-refractivity contribution is 9.11. The van der Waals surface area contributed by atoms with E-state index in [-0.39, 0.29) is 5.56 Å². The van der Waals surface area contributed by atoms with E-state index in [4.69, 9.17) is 15.1 Å². The van der Waals surface area contributed by atoms with E-state index in [1.165, 1.54) is 12.1 Å². The van der Waals surface area contributed by atoms with E-state index in [9.17, 15) is 4.79 Å². The number of ether oxygens (including phenoxy) is 1. The molecule has 4 nitrogen and oxygen atoms in total. The number of benzene rings is 1. The second-order valence-corrected chi connectivity index (χ2v) is 4.93. The SMILES string of the molecule is CCC(C#N)Oc1c(Br)cc(C(=O)O)cc1Br. The Morgan fingerprint density at radius 2 is 2.06 bits per heavy atom. The lowest BCUT2D eigenvalue weighted by atomic mass is 10.2. The summed E-state index contributed by atoms with van der Waals surface area (Å²) < 4.78 is 6.46. The molecule has 1 rings (SSSR count). The first-order valence-corrected chi connectivity index (χ1v) is 6.36. The molecule has 1 N–H and O–H groups in total. The van der Waals surface area contributed by atoms with E-state index in [0.29, 0.717) is 21.1 Å². The Bertz CT molecular complexity index is 459. The van der Waals surface area contributed by atoms with Crippen LogP contribution in [0, 0.1) is 11.3 Å². The number of carbonyl (C=O) groups is 1. The van der Waals surface area contributed by atoms with Gasteiger partial charge in [-0.05, 0) is 50.4 Å². The summed E-state index contributed by atoms with van der Waals surface area (Å²) in [6.45, 7) is 1.83. The predicted molar refractivity (Wildman–Crippen MR) is 69.1 cm³/mol. The summed E-state index contributed by atoms with van der Waals surface area (Å²) in [5.41, 5.74) is 0.140. The van der Waals surface area contributed by atoms with Crippen molar-refractivity contribution in [3.05, 3.63) is 26.6 Å². The number of aromatic carboxylic acids is 1. The maximum Gasteiger partial charge on any atom is 0.335 e. The summed E-state index contributed by atoms with van der Waals surface area (Å²) in [5, 5.41) is 17.7. The number of halogens is 2. The van der Waals surface area contributed by atoms with Gasteiger partial charge in [0, 0.05) is 0 Å². The minimum Gasteiger partial charge on any atom is -0.478 e. The van der Waals surface area contributed by atoms with Crippen LogP contribution < -0.4 is 4.74 Å². The van der Waals surface area contributed by atoms with Crippen LogP contribution in [-0.4, -0.2) is 17.2 Å². The number of nitrogens with zero attached hydrogens (tertiary/aromatic N) is 1. The summed E-state index contributed by atoms with van der Waals surface area (Å²) in [5.74, 6) is -0.589. The van der Waals surface area contributed by atoms with Gasteiger partial charge in [-0.2, -0.15) is 5.26 Å². The van der Waals surface area contributed by atoms with E-state index in [1.807, 2.05) is 13.0 Å². The minimum absolute atomic E-state index is 0.140. The normalized spacial score (nSPS) is 11.6. The molecule has 0 fully saturated rings. The van der Waals surface area contributed by atoms with Gasteiger partial charge in [-0.1, -0.05) is 6.92 Å². The molecule has 0 bridgehead atoms. The molecule has 0 aromatic heterocycles. The van der Waals surface area contributed by atoms with Gasteiger partial charge in [-0.3, -0.25) is 0 Å². The molecule has 0 saturated carbocycles. The van der Waals surface area contributed by atoms with Crippen molar-refractivity contribution in [1.29, 1.82) is 5.26 Å². The Kier molecular flexibility index (Phi) is 4.97. The third-order valence-electron chi connectivity index (χ3n) is 2.02. The molecule has 1 aromatic rings. The quantitative estimate of drug-likeness (QED) is 0.888. The standard InChI is InChI=1S/C11H9Br2NO3/c1-2-7(5-14)17-10-8(12)3-6(11(15)16)4-9(10)13/h3-4,7H,2H2,1H3,(H,15,16). The van der Waals surface area contributed by atoms with Crippen LogP contribution in [0.15, 0.2) is 21.1 Å². The Labute approximate surface area is 115 Å². The maximum atomic E-state index is 10.8. The van der Waals surface area contributed by atoms with Crippen LogP contribution in [0.25, 0.3) is 0 Å². The van der Waals surface area contributed by atoms with E-state index >= 15 is 0 Å². The maximum absolute atomic E-state index is 10.8. The topological polar surface area (TPSA) is 70.3 Å². The van der Waals surface area contributed by atoms with Gasteiger partial charge in [0.05, 0.1) is 14.5 Å². The fourth-order valence-electron chi connectivity index (χ4n) is 1.14. The van der Waals surface area contributed by atoms with Gasteiger partial charge in [0.15, 0.2) is 6.10 Å². The van der Waals surface area contributed by atoms with Crippen LogP contribution in [0.1, 0.15) is 23.7 Å². The molecular formula is C11H9Br2NO3. The Balaban J connectivity index is 3.10. The first-order valence-electron chi connectivity index (χ1n) is 4.78. The van der Waals surface area contributed by atoms with Crippen molar-refractivity contribution in [3.8, 4) is 11.8 Å². The average Bonchev–Trinajstić information content (AvgIpc) is 2.28. The van der Waals surface area contributed by atoms with Crippen LogP contribution in [0.2, 0.25) is 0 Å². The number of carboxylic acids is 1. The van der Waals surface area contributed by atoms with Crippen molar-refractivity contribution in [1.82, 2.24) is 0 Å². The molecular weight excluding hydrogens is 354 g/mol. The second-order valence-electron chi connectivity index (χ2n) is 3.22. The van der Waals surface area contributed by atoms with E-state index < -0.39 is 12.1 Å². The molecule has 0 heterocycles. The van der Waals surface area contributed by atoms with Crippen LogP contribution in [0.5, 0.6) is 5.75 Å². The highest BCUT2D eigenvalue weighted by Gasteiger charge is 2.15. The fourth-order valence-corrected chi connectivity index (χ4v) is 2.51. The lowest BCUT2D eigenvalue weighted by Gasteiger charge is -2.14. The van der Waals surface area contributed by atoms with Crippen molar-refractivity contribution >= 4 is 37.8 Å². The van der Waals surface area contributed by atoms with Gasteiger partial charge in [-0.25, -0.2) is 4.79 Å². The van der Waals surface area contributed by atoms with Gasteiger partial charge >= 0.3 is 5.97 Å². The second kappa shape index (κ2) is 6.03. The Morgan fingerprint density at radius 1 is 1.53 bits per heavy atom. The number of nitriles is 1. The minimum atomic E-state index is -1.02. The largest absolute Gasteiger partial charge is 0.478 e. The summed E-state index contributed by atoms with van der Waals surface area (Å²) in [4.78, 5) is 10.8. The molecule has 0 aliphatic heterocycles. The number of carboxylic acid groups (broad SMARTS) is 1. The van der Waals surface area contributed by atoms with E-state index in [1.54, 1.807) is 0 Å². The van der Waals surface area contributed by atoms with Crippen molar-refractivity contribution in [2.75, 3.05) is 0 Å². The molecule has 0 aliphatic carbocycles. The van der Waals surface area contributed by atoms with Crippen LogP contribution in [0.3, 0.4) is 0 Å². The molecule has 17 heavy (non-hydrogen) atoms. The molecule has 0 aliphatic rings. The average molecular weight is 363 g/mol. The third-order valence-corrected chi connectivity index (χ3v) is 3.20. The number of rotatable bonds is 4. The van der Waals surface area contributed by atoms with Gasteiger partial charge in [0.25, 0.3) is 0 Å². The number of hydrogen-bond acceptors (Lipinski definition) is 3. The molecule has 0 amide bonds. The van der Waals surface area contributed by atoms with E-state index in [2.05, 4.69) is 31.9 Å². The predicted octanol–water partition coefficient (Wildman–Crippen LogP) is 3.59. The van der Waals surface area contributed by atoms with Crippen LogP contribution >= 0.6 is 31.9 Å². The number of hydrogen-bond donors (Lipinski definition) is 1. The molecule has 0 saturated heterocycles. The third kappa shape index (κ3) is 3.45. The zero-order valence-corrected chi connectivity index (χ0v) is 12.1. The van der Waals surface area contributed by atoms with Gasteiger partial charge < -0.3 is 9.84 Å². The molecule has 90 valence electrons. The summed E-state index contributed by atoms with van der Waals surface area (Å²) >= 11 is 6.45. The highest BCUT2D eigenvalue weighted by atomic mass is 79.9. The van der Waals surface area contributed by atoms with Crippen LogP contribution in [-0.2, 0) is 0 Å². The molecule has 0 radical (unpaired) electrons. The zero-order chi connectivity index (χ0) is 13.0. The van der Waals surface area contributed by atoms with Crippen LogP contribution in [0.4, 0.5) is 0 Å². The lowest BCUT2D eigenvalue weighted by molar-refractivity contribution is 0.0696. The highest BCUT2D eigenvalue weighted by Crippen LogP contribution is 2.35. The molecule has 1 aromatic carbocycles. The first kappa shape index (κ1) is 14.0. The molecule has 1 atom stereocenters. The molecule has 0 spiro atoms. The summed E-state index contributed by atoms with van der Waals surface area (Å²) in [6.07, 6.45) is -0.00550. The fraction of sp³-hybridized carbons (Fsp3) is 0.273. The Hall–Kier alpha value is -1.06. The molecule has 1 unspecified atom stereocenters. The van der Waals surface area contributed by atoms with Crippen molar-refractivity contribution < 1.29 is 14.6 Å². The summed E-state index contributed by atoms with van der Waals surface area (Å²) in [6, 6.07) is 4.89. The summed E-state index contributed by atoms with van der Waals surface area (Å²) in [7, 11) is 0.